The minimum Gasteiger partial charge on any atom is -0.294 e. The van der Waals surface area contributed by atoms with Crippen LogP contribution in [-0.4, -0.2) is 15.6 Å². The highest BCUT2D eigenvalue weighted by atomic mass is 79.9. The SMILES string of the molecule is CCC(CC)n1ccc(CC(=O)c2ccc(Br)c(Cl)c2)n1. The van der Waals surface area contributed by atoms with E-state index in [0.29, 0.717) is 23.0 Å². The van der Waals surface area contributed by atoms with Gasteiger partial charge in [-0.05, 0) is 47.0 Å². The quantitative estimate of drug-likeness (QED) is 0.665. The van der Waals surface area contributed by atoms with Crippen LogP contribution in [0.15, 0.2) is 34.9 Å². The first-order valence-corrected chi connectivity index (χ1v) is 8.24. The average Bonchev–Trinajstić information content (AvgIpc) is 2.91. The zero-order chi connectivity index (χ0) is 15.4. The van der Waals surface area contributed by atoms with Gasteiger partial charge in [-0.2, -0.15) is 5.10 Å². The zero-order valence-corrected chi connectivity index (χ0v) is 14.5. The second-order valence-electron chi connectivity index (χ2n) is 4.99. The Labute approximate surface area is 138 Å². The molecule has 0 bridgehead atoms. The van der Waals surface area contributed by atoms with Gasteiger partial charge in [0.15, 0.2) is 5.78 Å². The van der Waals surface area contributed by atoms with Crippen LogP contribution in [0.4, 0.5) is 0 Å². The molecule has 3 nitrogen and oxygen atoms in total. The molecule has 1 aromatic heterocycles. The van der Waals surface area contributed by atoms with Crippen molar-refractivity contribution >= 4 is 33.3 Å². The molecule has 112 valence electrons. The van der Waals surface area contributed by atoms with Crippen molar-refractivity contribution < 1.29 is 4.79 Å². The zero-order valence-electron chi connectivity index (χ0n) is 12.1. The van der Waals surface area contributed by atoms with Gasteiger partial charge in [0.25, 0.3) is 0 Å². The second kappa shape index (κ2) is 7.23. The third-order valence-electron chi connectivity index (χ3n) is 3.56. The molecule has 0 unspecified atom stereocenters. The lowest BCUT2D eigenvalue weighted by Crippen LogP contribution is -2.09. The molecule has 0 aliphatic rings. The topological polar surface area (TPSA) is 34.9 Å². The maximum absolute atomic E-state index is 12.3. The van der Waals surface area contributed by atoms with E-state index in [4.69, 9.17) is 11.6 Å². The number of Topliss-reactive ketones (excluding diaryl/α,β-unsaturated/α-hetero) is 1. The smallest absolute Gasteiger partial charge is 0.168 e. The van der Waals surface area contributed by atoms with Gasteiger partial charge in [-0.25, -0.2) is 0 Å². The molecule has 0 saturated heterocycles. The lowest BCUT2D eigenvalue weighted by atomic mass is 10.1. The highest BCUT2D eigenvalue weighted by Crippen LogP contribution is 2.24. The van der Waals surface area contributed by atoms with Crippen LogP contribution in [0.3, 0.4) is 0 Å². The van der Waals surface area contributed by atoms with Crippen LogP contribution in [-0.2, 0) is 6.42 Å². The molecule has 0 radical (unpaired) electrons. The summed E-state index contributed by atoms with van der Waals surface area (Å²) in [6, 6.07) is 7.56. The Morgan fingerprint density at radius 1 is 1.33 bits per heavy atom. The molecule has 0 saturated carbocycles. The first kappa shape index (κ1) is 16.2. The second-order valence-corrected chi connectivity index (χ2v) is 6.25. The standard InChI is InChI=1S/C16H18BrClN2O/c1-3-13(4-2)20-8-7-12(19-20)10-16(21)11-5-6-14(17)15(18)9-11/h5-9,13H,3-4,10H2,1-2H3. The number of aromatic nitrogens is 2. The van der Waals surface area contributed by atoms with Gasteiger partial charge in [-0.1, -0.05) is 31.5 Å². The first-order chi connectivity index (χ1) is 10.0. The van der Waals surface area contributed by atoms with Crippen LogP contribution < -0.4 is 0 Å². The van der Waals surface area contributed by atoms with Crippen molar-refractivity contribution in [1.29, 1.82) is 0 Å². The monoisotopic (exact) mass is 368 g/mol. The van der Waals surface area contributed by atoms with Crippen molar-refractivity contribution in [3.05, 3.63) is 51.2 Å². The number of benzene rings is 1. The number of carbonyl (C=O) groups is 1. The summed E-state index contributed by atoms with van der Waals surface area (Å²) in [6.45, 7) is 4.29. The number of nitrogens with zero attached hydrogens (tertiary/aromatic N) is 2. The Morgan fingerprint density at radius 3 is 2.67 bits per heavy atom. The molecule has 1 aromatic carbocycles. The summed E-state index contributed by atoms with van der Waals surface area (Å²) in [5, 5.41) is 5.06. The summed E-state index contributed by atoms with van der Waals surface area (Å²) in [5.74, 6) is 0.0270. The molecular formula is C16H18BrClN2O. The molecule has 0 spiro atoms. The van der Waals surface area contributed by atoms with Gasteiger partial charge < -0.3 is 0 Å². The Bertz CT molecular complexity index is 635. The summed E-state index contributed by atoms with van der Waals surface area (Å²) in [4.78, 5) is 12.3. The van der Waals surface area contributed by atoms with E-state index in [1.54, 1.807) is 18.2 Å². The molecule has 0 aliphatic heterocycles. The lowest BCUT2D eigenvalue weighted by molar-refractivity contribution is 0.0991. The van der Waals surface area contributed by atoms with Crippen LogP contribution in [0.5, 0.6) is 0 Å². The average molecular weight is 370 g/mol. The van der Waals surface area contributed by atoms with Crippen LogP contribution in [0.2, 0.25) is 5.02 Å². The molecular weight excluding hydrogens is 352 g/mol. The minimum absolute atomic E-state index is 0.0270. The molecule has 2 aromatic rings. The van der Waals surface area contributed by atoms with Gasteiger partial charge in [0, 0.05) is 16.2 Å². The third kappa shape index (κ3) is 3.95. The number of hydrogen-bond donors (Lipinski definition) is 0. The largest absolute Gasteiger partial charge is 0.294 e. The van der Waals surface area contributed by atoms with E-state index in [1.807, 2.05) is 16.9 Å². The molecule has 0 aliphatic carbocycles. The van der Waals surface area contributed by atoms with Gasteiger partial charge in [0.1, 0.15) is 0 Å². The van der Waals surface area contributed by atoms with Crippen molar-refractivity contribution in [3.63, 3.8) is 0 Å². The number of halogens is 2. The van der Waals surface area contributed by atoms with Gasteiger partial charge >= 0.3 is 0 Å². The predicted molar refractivity (Wildman–Crippen MR) is 89.0 cm³/mol. The van der Waals surface area contributed by atoms with E-state index in [2.05, 4.69) is 34.9 Å². The minimum atomic E-state index is 0.0270. The molecule has 0 atom stereocenters. The molecule has 21 heavy (non-hydrogen) atoms. The van der Waals surface area contributed by atoms with Crippen LogP contribution in [0, 0.1) is 0 Å². The molecule has 1 heterocycles. The van der Waals surface area contributed by atoms with Crippen molar-refractivity contribution in [3.8, 4) is 0 Å². The van der Waals surface area contributed by atoms with Crippen molar-refractivity contribution in [2.24, 2.45) is 0 Å². The van der Waals surface area contributed by atoms with Crippen molar-refractivity contribution in [2.45, 2.75) is 39.2 Å². The lowest BCUT2D eigenvalue weighted by Gasteiger charge is -2.12. The Balaban J connectivity index is 2.11. The highest BCUT2D eigenvalue weighted by molar-refractivity contribution is 9.10. The Kier molecular flexibility index (Phi) is 5.59. The number of hydrogen-bond acceptors (Lipinski definition) is 2. The summed E-state index contributed by atoms with van der Waals surface area (Å²) in [6.07, 6.45) is 4.32. The van der Waals surface area contributed by atoms with Gasteiger partial charge in [-0.3, -0.25) is 9.48 Å². The molecule has 0 fully saturated rings. The first-order valence-electron chi connectivity index (χ1n) is 7.07. The van der Waals surface area contributed by atoms with E-state index < -0.39 is 0 Å². The van der Waals surface area contributed by atoms with Gasteiger partial charge in [0.05, 0.1) is 23.2 Å². The fourth-order valence-corrected chi connectivity index (χ4v) is 2.70. The fourth-order valence-electron chi connectivity index (χ4n) is 2.27. The Hall–Kier alpha value is -1.13. The molecule has 2 rings (SSSR count). The highest BCUT2D eigenvalue weighted by Gasteiger charge is 2.13. The third-order valence-corrected chi connectivity index (χ3v) is 4.80. The maximum atomic E-state index is 12.3. The fraction of sp³-hybridized carbons (Fsp3) is 0.375. The predicted octanol–water partition coefficient (Wildman–Crippen LogP) is 5.09. The van der Waals surface area contributed by atoms with Crippen molar-refractivity contribution in [2.75, 3.05) is 0 Å². The molecule has 5 heteroatoms. The number of ketones is 1. The molecule has 0 N–H and O–H groups in total. The van der Waals surface area contributed by atoms with Crippen LogP contribution in [0.1, 0.15) is 48.8 Å². The maximum Gasteiger partial charge on any atom is 0.168 e. The normalized spacial score (nSPS) is 11.1. The van der Waals surface area contributed by atoms with E-state index >= 15 is 0 Å². The number of rotatable bonds is 6. The van der Waals surface area contributed by atoms with Gasteiger partial charge in [-0.15, -0.1) is 0 Å². The number of carbonyl (C=O) groups excluding carboxylic acids is 1. The van der Waals surface area contributed by atoms with Gasteiger partial charge in [0.2, 0.25) is 0 Å². The summed E-state index contributed by atoms with van der Waals surface area (Å²) in [5.41, 5.74) is 1.41. The van der Waals surface area contributed by atoms with Crippen molar-refractivity contribution in [1.82, 2.24) is 9.78 Å². The van der Waals surface area contributed by atoms with E-state index in [0.717, 1.165) is 23.0 Å². The summed E-state index contributed by atoms with van der Waals surface area (Å²) >= 11 is 9.35. The van der Waals surface area contributed by atoms with E-state index in [-0.39, 0.29) is 5.78 Å². The molecule has 0 amide bonds. The van der Waals surface area contributed by atoms with Crippen LogP contribution >= 0.6 is 27.5 Å². The van der Waals surface area contributed by atoms with Crippen LogP contribution in [0.25, 0.3) is 0 Å². The van der Waals surface area contributed by atoms with E-state index in [1.165, 1.54) is 0 Å². The summed E-state index contributed by atoms with van der Waals surface area (Å²) in [7, 11) is 0. The summed E-state index contributed by atoms with van der Waals surface area (Å²) < 4.78 is 2.75. The van der Waals surface area contributed by atoms with E-state index in [9.17, 15) is 4.79 Å². The Morgan fingerprint density at radius 2 is 2.05 bits per heavy atom.